The van der Waals surface area contributed by atoms with Crippen molar-refractivity contribution in [1.29, 1.82) is 0 Å². The Morgan fingerprint density at radius 3 is 2.56 bits per heavy atom. The van der Waals surface area contributed by atoms with Crippen LogP contribution in [-0.4, -0.2) is 25.9 Å². The Bertz CT molecular complexity index is 671. The maximum Gasteiger partial charge on any atom is 0.271 e. The zero-order valence-electron chi connectivity index (χ0n) is 14.6. The van der Waals surface area contributed by atoms with E-state index in [9.17, 15) is 14.9 Å². The lowest BCUT2D eigenvalue weighted by Crippen LogP contribution is -2.56. The summed E-state index contributed by atoms with van der Waals surface area (Å²) in [7, 11) is 0. The molecule has 0 aliphatic rings. The molecule has 0 saturated carbocycles. The molecule has 0 fully saturated rings. The Morgan fingerprint density at radius 2 is 1.96 bits per heavy atom. The number of halogens is 3. The number of alkyl halides is 3. The van der Waals surface area contributed by atoms with Crippen molar-refractivity contribution >= 4 is 69.4 Å². The molecule has 0 radical (unpaired) electrons. The second-order valence-corrected chi connectivity index (χ2v) is 8.54. The van der Waals surface area contributed by atoms with E-state index >= 15 is 0 Å². The fourth-order valence-corrected chi connectivity index (χ4v) is 2.70. The third kappa shape index (κ3) is 9.41. The third-order valence-electron chi connectivity index (χ3n) is 3.48. The van der Waals surface area contributed by atoms with Crippen molar-refractivity contribution in [2.75, 3.05) is 5.32 Å². The van der Waals surface area contributed by atoms with E-state index in [0.29, 0.717) is 12.1 Å². The molecule has 0 spiro atoms. The van der Waals surface area contributed by atoms with Crippen molar-refractivity contribution in [3.05, 3.63) is 34.4 Å². The van der Waals surface area contributed by atoms with Crippen molar-refractivity contribution in [3.8, 4) is 0 Å². The van der Waals surface area contributed by atoms with E-state index in [4.69, 9.17) is 47.0 Å². The second kappa shape index (κ2) is 11.5. The average molecular weight is 456 g/mol. The number of nitrogens with one attached hydrogen (secondary N) is 3. The Balaban J connectivity index is 2.65. The van der Waals surface area contributed by atoms with Gasteiger partial charge in [-0.25, -0.2) is 0 Å². The number of non-ortho nitro benzene ring substituents is 1. The zero-order valence-corrected chi connectivity index (χ0v) is 17.7. The van der Waals surface area contributed by atoms with Crippen LogP contribution >= 0.6 is 47.0 Å². The zero-order chi connectivity index (χ0) is 20.4. The Kier molecular flexibility index (Phi) is 10.1. The number of hydrogen-bond donors (Lipinski definition) is 3. The van der Waals surface area contributed by atoms with Gasteiger partial charge < -0.3 is 16.0 Å². The van der Waals surface area contributed by atoms with Crippen LogP contribution in [0.3, 0.4) is 0 Å². The lowest BCUT2D eigenvalue weighted by Gasteiger charge is -2.27. The number of anilines is 1. The van der Waals surface area contributed by atoms with E-state index in [1.54, 1.807) is 6.07 Å². The molecule has 150 valence electrons. The van der Waals surface area contributed by atoms with Gasteiger partial charge in [0.2, 0.25) is 9.70 Å². The molecule has 1 amide bonds. The average Bonchev–Trinajstić information content (AvgIpc) is 2.57. The molecule has 3 N–H and O–H groups in total. The largest absolute Gasteiger partial charge is 0.339 e. The smallest absolute Gasteiger partial charge is 0.271 e. The van der Waals surface area contributed by atoms with Crippen molar-refractivity contribution in [2.24, 2.45) is 0 Å². The predicted molar refractivity (Wildman–Crippen MR) is 113 cm³/mol. The number of nitro groups is 1. The molecule has 11 heteroatoms. The number of rotatable bonds is 9. The van der Waals surface area contributed by atoms with E-state index in [1.807, 2.05) is 0 Å². The first kappa shape index (κ1) is 23.7. The summed E-state index contributed by atoms with van der Waals surface area (Å²) in [6.45, 7) is 2.08. The SMILES string of the molecule is CCCCCCC(=O)N[C@H](NC(=S)Nc1cccc([N+](=O)[O-])c1)C(Cl)(Cl)Cl. The number of thiocarbonyl (C=S) groups is 1. The van der Waals surface area contributed by atoms with E-state index in [2.05, 4.69) is 22.9 Å². The van der Waals surface area contributed by atoms with Crippen LogP contribution in [0.1, 0.15) is 39.0 Å². The number of amides is 1. The van der Waals surface area contributed by atoms with Crippen LogP contribution in [0.5, 0.6) is 0 Å². The van der Waals surface area contributed by atoms with E-state index in [0.717, 1.165) is 25.7 Å². The number of carbonyl (C=O) groups is 1. The summed E-state index contributed by atoms with van der Waals surface area (Å²) < 4.78 is -1.85. The van der Waals surface area contributed by atoms with Crippen molar-refractivity contribution in [2.45, 2.75) is 49.0 Å². The molecule has 7 nitrogen and oxygen atoms in total. The molecule has 27 heavy (non-hydrogen) atoms. The highest BCUT2D eigenvalue weighted by Gasteiger charge is 2.34. The first-order valence-electron chi connectivity index (χ1n) is 8.31. The molecule has 0 unspecified atom stereocenters. The molecule has 0 aromatic heterocycles. The molecular weight excluding hydrogens is 435 g/mol. The predicted octanol–water partition coefficient (Wildman–Crippen LogP) is 4.66. The topological polar surface area (TPSA) is 96.3 Å². The van der Waals surface area contributed by atoms with Crippen molar-refractivity contribution in [3.63, 3.8) is 0 Å². The summed E-state index contributed by atoms with van der Waals surface area (Å²) in [5.41, 5.74) is 0.289. The monoisotopic (exact) mass is 454 g/mol. The van der Waals surface area contributed by atoms with Gasteiger partial charge in [0.05, 0.1) is 4.92 Å². The van der Waals surface area contributed by atoms with Gasteiger partial charge in [-0.1, -0.05) is 67.1 Å². The number of nitrogens with zero attached hydrogens (tertiary/aromatic N) is 1. The quantitative estimate of drug-likeness (QED) is 0.125. The first-order valence-corrected chi connectivity index (χ1v) is 9.85. The van der Waals surface area contributed by atoms with Gasteiger partial charge in [-0.05, 0) is 24.7 Å². The first-order chi connectivity index (χ1) is 12.6. The van der Waals surface area contributed by atoms with Crippen molar-refractivity contribution < 1.29 is 9.72 Å². The molecule has 1 aromatic carbocycles. The minimum absolute atomic E-state index is 0.0399. The van der Waals surface area contributed by atoms with Gasteiger partial charge in [0.1, 0.15) is 6.17 Å². The number of nitro benzene ring substituents is 1. The number of carbonyl (C=O) groups excluding carboxylic acids is 1. The summed E-state index contributed by atoms with van der Waals surface area (Å²) in [4.78, 5) is 22.4. The highest BCUT2D eigenvalue weighted by atomic mass is 35.6. The Hall–Kier alpha value is -1.35. The molecule has 0 aliphatic heterocycles. The van der Waals surface area contributed by atoms with Gasteiger partial charge in [0.15, 0.2) is 5.11 Å². The van der Waals surface area contributed by atoms with Crippen LogP contribution in [0.25, 0.3) is 0 Å². The normalized spacial score (nSPS) is 12.1. The lowest BCUT2D eigenvalue weighted by atomic mass is 10.1. The summed E-state index contributed by atoms with van der Waals surface area (Å²) in [5.74, 6) is -0.270. The summed E-state index contributed by atoms with van der Waals surface area (Å²) in [6.07, 6.45) is 3.04. The third-order valence-corrected chi connectivity index (χ3v) is 4.35. The fraction of sp³-hybridized carbons (Fsp3) is 0.500. The van der Waals surface area contributed by atoms with Crippen LogP contribution < -0.4 is 16.0 Å². The molecule has 0 aliphatic carbocycles. The van der Waals surface area contributed by atoms with Gasteiger partial charge in [0, 0.05) is 24.2 Å². The molecular formula is C16H21Cl3N4O3S. The standard InChI is InChI=1S/C16H21Cl3N4O3S/c1-2-3-4-5-9-13(24)21-14(16(17,18)19)22-15(27)20-11-7-6-8-12(10-11)23(25)26/h6-8,10,14H,2-5,9H2,1H3,(H,21,24)(H2,20,22,27)/t14-/m1/s1. The Labute approximate surface area is 178 Å². The molecule has 1 aromatic rings. The molecule has 1 atom stereocenters. The van der Waals surface area contributed by atoms with E-state index in [1.165, 1.54) is 18.2 Å². The maximum atomic E-state index is 12.1. The highest BCUT2D eigenvalue weighted by molar-refractivity contribution is 7.80. The summed E-state index contributed by atoms with van der Waals surface area (Å²) in [6, 6.07) is 5.76. The van der Waals surface area contributed by atoms with Gasteiger partial charge in [-0.2, -0.15) is 0 Å². The van der Waals surface area contributed by atoms with Gasteiger partial charge in [-0.15, -0.1) is 0 Å². The summed E-state index contributed by atoms with van der Waals surface area (Å²) in [5, 5.41) is 18.9. The van der Waals surface area contributed by atoms with Crippen LogP contribution in [-0.2, 0) is 4.79 Å². The van der Waals surface area contributed by atoms with E-state index in [-0.39, 0.29) is 16.7 Å². The van der Waals surface area contributed by atoms with Crippen LogP contribution in [0.4, 0.5) is 11.4 Å². The number of benzene rings is 1. The lowest BCUT2D eigenvalue weighted by molar-refractivity contribution is -0.384. The Morgan fingerprint density at radius 1 is 1.26 bits per heavy atom. The number of hydrogen-bond acceptors (Lipinski definition) is 4. The second-order valence-electron chi connectivity index (χ2n) is 5.76. The minimum atomic E-state index is -1.85. The van der Waals surface area contributed by atoms with Crippen LogP contribution in [0.2, 0.25) is 0 Å². The minimum Gasteiger partial charge on any atom is -0.339 e. The van der Waals surface area contributed by atoms with Gasteiger partial charge >= 0.3 is 0 Å². The molecule has 0 heterocycles. The molecule has 0 bridgehead atoms. The van der Waals surface area contributed by atoms with Gasteiger partial charge in [0.25, 0.3) is 5.69 Å². The molecule has 0 saturated heterocycles. The fourth-order valence-electron chi connectivity index (χ4n) is 2.14. The van der Waals surface area contributed by atoms with Gasteiger partial charge in [-0.3, -0.25) is 14.9 Å². The maximum absolute atomic E-state index is 12.1. The molecule has 1 rings (SSSR count). The highest BCUT2D eigenvalue weighted by Crippen LogP contribution is 2.29. The van der Waals surface area contributed by atoms with E-state index < -0.39 is 14.9 Å². The van der Waals surface area contributed by atoms with Crippen LogP contribution in [0.15, 0.2) is 24.3 Å². The van der Waals surface area contributed by atoms with Crippen LogP contribution in [0, 0.1) is 10.1 Å². The number of unbranched alkanes of at least 4 members (excludes halogenated alkanes) is 3. The summed E-state index contributed by atoms with van der Waals surface area (Å²) >= 11 is 22.9. The van der Waals surface area contributed by atoms with Crippen molar-refractivity contribution in [1.82, 2.24) is 10.6 Å².